The van der Waals surface area contributed by atoms with Crippen molar-refractivity contribution < 1.29 is 24.5 Å². The molecule has 0 aliphatic carbocycles. The third-order valence-electron chi connectivity index (χ3n) is 2.86. The van der Waals surface area contributed by atoms with E-state index in [1.165, 1.54) is 0 Å². The van der Waals surface area contributed by atoms with E-state index < -0.39 is 24.6 Å². The monoisotopic (exact) mass is 278 g/mol. The molecule has 2 aromatic rings. The summed E-state index contributed by atoms with van der Waals surface area (Å²) in [5.41, 5.74) is 7.06. The fourth-order valence-electron chi connectivity index (χ4n) is 1.89. The Labute approximate surface area is 114 Å². The van der Waals surface area contributed by atoms with E-state index in [4.69, 9.17) is 20.7 Å². The topological polar surface area (TPSA) is 126 Å². The lowest BCUT2D eigenvalue weighted by Gasteiger charge is -2.06. The number of carboxylic acids is 2. The normalized spacial score (nSPS) is 12.2. The first-order chi connectivity index (χ1) is 9.47. The van der Waals surface area contributed by atoms with Gasteiger partial charge in [0.1, 0.15) is 11.8 Å². The van der Waals surface area contributed by atoms with Gasteiger partial charge in [-0.15, -0.1) is 0 Å². The minimum atomic E-state index is -1.07. The van der Waals surface area contributed by atoms with Crippen LogP contribution in [0.2, 0.25) is 0 Å². The van der Waals surface area contributed by atoms with Crippen molar-refractivity contribution in [3.8, 4) is 5.75 Å². The van der Waals surface area contributed by atoms with E-state index >= 15 is 0 Å². The first kappa shape index (κ1) is 13.9. The standard InChI is InChI=1S/C13H14N2O5/c14-10(13(18)19)3-7-5-15-11-2-1-8(4-9(7)11)20-6-12(16)17/h1-2,4-5,10,15H,3,6,14H2,(H,16,17)(H,18,19)/t10-/m0/s1. The second-order valence-corrected chi connectivity index (χ2v) is 4.35. The van der Waals surface area contributed by atoms with Gasteiger partial charge in [-0.1, -0.05) is 0 Å². The summed E-state index contributed by atoms with van der Waals surface area (Å²) in [5.74, 6) is -1.73. The zero-order valence-corrected chi connectivity index (χ0v) is 10.5. The molecule has 106 valence electrons. The van der Waals surface area contributed by atoms with Crippen molar-refractivity contribution in [2.45, 2.75) is 12.5 Å². The Balaban J connectivity index is 2.25. The molecular weight excluding hydrogens is 264 g/mol. The van der Waals surface area contributed by atoms with Gasteiger partial charge in [0.05, 0.1) is 0 Å². The van der Waals surface area contributed by atoms with Gasteiger partial charge in [0.25, 0.3) is 0 Å². The van der Waals surface area contributed by atoms with Crippen molar-refractivity contribution >= 4 is 22.8 Å². The number of ether oxygens (including phenoxy) is 1. The van der Waals surface area contributed by atoms with E-state index in [9.17, 15) is 9.59 Å². The first-order valence-corrected chi connectivity index (χ1v) is 5.90. The Kier molecular flexibility index (Phi) is 3.90. The Morgan fingerprint density at radius 1 is 1.35 bits per heavy atom. The highest BCUT2D eigenvalue weighted by atomic mass is 16.5. The fraction of sp³-hybridized carbons (Fsp3) is 0.231. The van der Waals surface area contributed by atoms with E-state index in [2.05, 4.69) is 4.98 Å². The van der Waals surface area contributed by atoms with Gasteiger partial charge in [0, 0.05) is 23.5 Å². The largest absolute Gasteiger partial charge is 0.482 e. The van der Waals surface area contributed by atoms with Gasteiger partial charge in [0.2, 0.25) is 0 Å². The maximum absolute atomic E-state index is 10.8. The molecule has 0 radical (unpaired) electrons. The highest BCUT2D eigenvalue weighted by Gasteiger charge is 2.15. The summed E-state index contributed by atoms with van der Waals surface area (Å²) in [6, 6.07) is 4.06. The number of rotatable bonds is 6. The zero-order chi connectivity index (χ0) is 14.7. The highest BCUT2D eigenvalue weighted by molar-refractivity contribution is 5.85. The number of aliphatic carboxylic acids is 2. The Morgan fingerprint density at radius 3 is 2.75 bits per heavy atom. The fourth-order valence-corrected chi connectivity index (χ4v) is 1.89. The number of aromatic amines is 1. The molecule has 0 saturated heterocycles. The molecule has 7 nitrogen and oxygen atoms in total. The number of aromatic nitrogens is 1. The van der Waals surface area contributed by atoms with Crippen molar-refractivity contribution in [3.05, 3.63) is 30.0 Å². The van der Waals surface area contributed by atoms with Gasteiger partial charge in [-0.2, -0.15) is 0 Å². The van der Waals surface area contributed by atoms with Crippen LogP contribution in [0.3, 0.4) is 0 Å². The predicted molar refractivity (Wildman–Crippen MR) is 70.7 cm³/mol. The summed E-state index contributed by atoms with van der Waals surface area (Å²) in [6.07, 6.45) is 1.87. The Morgan fingerprint density at radius 2 is 2.10 bits per heavy atom. The summed E-state index contributed by atoms with van der Waals surface area (Å²) in [7, 11) is 0. The average molecular weight is 278 g/mol. The van der Waals surface area contributed by atoms with E-state index in [-0.39, 0.29) is 6.42 Å². The maximum atomic E-state index is 10.8. The van der Waals surface area contributed by atoms with E-state index in [0.29, 0.717) is 5.75 Å². The lowest BCUT2D eigenvalue weighted by atomic mass is 10.1. The molecule has 0 unspecified atom stereocenters. The number of carboxylic acid groups (broad SMARTS) is 2. The molecule has 1 aromatic carbocycles. The highest BCUT2D eigenvalue weighted by Crippen LogP contribution is 2.24. The van der Waals surface area contributed by atoms with E-state index in [0.717, 1.165) is 16.5 Å². The van der Waals surface area contributed by atoms with Crippen LogP contribution in [0.25, 0.3) is 10.9 Å². The number of nitrogens with one attached hydrogen (secondary N) is 1. The molecule has 1 atom stereocenters. The van der Waals surface area contributed by atoms with Crippen molar-refractivity contribution in [2.75, 3.05) is 6.61 Å². The summed E-state index contributed by atoms with van der Waals surface area (Å²) < 4.78 is 5.09. The van der Waals surface area contributed by atoms with Gasteiger partial charge in [-0.05, 0) is 23.8 Å². The Hall–Kier alpha value is -2.54. The molecular formula is C13H14N2O5. The average Bonchev–Trinajstić information content (AvgIpc) is 2.79. The number of benzene rings is 1. The SMILES string of the molecule is N[C@@H](Cc1c[nH]c2ccc(OCC(=O)O)cc12)C(=O)O. The number of H-pyrrole nitrogens is 1. The number of nitrogens with two attached hydrogens (primary N) is 1. The molecule has 0 aliphatic rings. The minimum Gasteiger partial charge on any atom is -0.482 e. The van der Waals surface area contributed by atoms with Crippen molar-refractivity contribution in [1.29, 1.82) is 0 Å². The molecule has 20 heavy (non-hydrogen) atoms. The maximum Gasteiger partial charge on any atom is 0.341 e. The third kappa shape index (κ3) is 3.07. The van der Waals surface area contributed by atoms with Crippen molar-refractivity contribution in [1.82, 2.24) is 4.98 Å². The van der Waals surface area contributed by atoms with Crippen LogP contribution in [0, 0.1) is 0 Å². The molecule has 0 amide bonds. The molecule has 0 aliphatic heterocycles. The van der Waals surface area contributed by atoms with Gasteiger partial charge in [0.15, 0.2) is 6.61 Å². The summed E-state index contributed by atoms with van der Waals surface area (Å²) in [4.78, 5) is 24.2. The van der Waals surface area contributed by atoms with E-state index in [1.807, 2.05) is 0 Å². The van der Waals surface area contributed by atoms with Crippen LogP contribution in [-0.2, 0) is 16.0 Å². The second-order valence-electron chi connectivity index (χ2n) is 4.35. The molecule has 2 rings (SSSR count). The molecule has 7 heteroatoms. The van der Waals surface area contributed by atoms with Crippen LogP contribution >= 0.6 is 0 Å². The van der Waals surface area contributed by atoms with Crippen molar-refractivity contribution in [3.63, 3.8) is 0 Å². The van der Waals surface area contributed by atoms with Crippen LogP contribution in [0.15, 0.2) is 24.4 Å². The predicted octanol–water partition coefficient (Wildman–Crippen LogP) is 0.586. The molecule has 1 aromatic heterocycles. The molecule has 0 saturated carbocycles. The van der Waals surface area contributed by atoms with Gasteiger partial charge < -0.3 is 25.7 Å². The Bertz CT molecular complexity index is 649. The van der Waals surface area contributed by atoms with Crippen LogP contribution in [0.4, 0.5) is 0 Å². The number of carbonyl (C=O) groups is 2. The van der Waals surface area contributed by atoms with Crippen LogP contribution in [0.5, 0.6) is 5.75 Å². The lowest BCUT2D eigenvalue weighted by Crippen LogP contribution is -2.32. The van der Waals surface area contributed by atoms with Gasteiger partial charge >= 0.3 is 11.9 Å². The third-order valence-corrected chi connectivity index (χ3v) is 2.86. The smallest absolute Gasteiger partial charge is 0.341 e. The molecule has 5 N–H and O–H groups in total. The summed E-state index contributed by atoms with van der Waals surface area (Å²) >= 11 is 0. The van der Waals surface area contributed by atoms with Crippen LogP contribution in [0.1, 0.15) is 5.56 Å². The number of hydrogen-bond acceptors (Lipinski definition) is 4. The van der Waals surface area contributed by atoms with Crippen LogP contribution < -0.4 is 10.5 Å². The number of hydrogen-bond donors (Lipinski definition) is 4. The lowest BCUT2D eigenvalue weighted by molar-refractivity contribution is -0.139. The molecule has 0 bridgehead atoms. The van der Waals surface area contributed by atoms with Crippen molar-refractivity contribution in [2.24, 2.45) is 5.73 Å². The quantitative estimate of drug-likeness (QED) is 0.612. The van der Waals surface area contributed by atoms with Crippen LogP contribution in [-0.4, -0.2) is 39.8 Å². The van der Waals surface area contributed by atoms with Gasteiger partial charge in [-0.3, -0.25) is 4.79 Å². The first-order valence-electron chi connectivity index (χ1n) is 5.90. The summed E-state index contributed by atoms with van der Waals surface area (Å²) in [6.45, 7) is -0.431. The molecule has 1 heterocycles. The second kappa shape index (κ2) is 5.62. The minimum absolute atomic E-state index is 0.178. The van der Waals surface area contributed by atoms with E-state index in [1.54, 1.807) is 24.4 Å². The number of fused-ring (bicyclic) bond motifs is 1. The van der Waals surface area contributed by atoms with Gasteiger partial charge in [-0.25, -0.2) is 4.79 Å². The molecule has 0 fully saturated rings. The molecule has 0 spiro atoms. The summed E-state index contributed by atoms with van der Waals surface area (Å²) in [5, 5.41) is 18.2. The zero-order valence-electron chi connectivity index (χ0n) is 10.5.